The van der Waals surface area contributed by atoms with Gasteiger partial charge in [0.1, 0.15) is 11.5 Å². The Bertz CT molecular complexity index is 968. The quantitative estimate of drug-likeness (QED) is 0.403. The SMILES string of the molecule is COCCN1C(=O)C(=O)/C(=C(/O)c2ccc(OC)c(C)c2)[C@H]1c1ccc(Br)cc1. The van der Waals surface area contributed by atoms with E-state index in [0.29, 0.717) is 11.3 Å². The number of likely N-dealkylation sites (tertiary alicyclic amines) is 1. The molecule has 29 heavy (non-hydrogen) atoms. The summed E-state index contributed by atoms with van der Waals surface area (Å²) >= 11 is 3.40. The van der Waals surface area contributed by atoms with Gasteiger partial charge in [0.15, 0.2) is 0 Å². The summed E-state index contributed by atoms with van der Waals surface area (Å²) in [5.41, 5.74) is 2.06. The lowest BCUT2D eigenvalue weighted by Gasteiger charge is -2.25. The van der Waals surface area contributed by atoms with Crippen LogP contribution in [0.1, 0.15) is 22.7 Å². The Kier molecular flexibility index (Phi) is 6.39. The molecular formula is C22H22BrNO5. The van der Waals surface area contributed by atoms with Gasteiger partial charge in [0.2, 0.25) is 0 Å². The highest BCUT2D eigenvalue weighted by molar-refractivity contribution is 9.10. The lowest BCUT2D eigenvalue weighted by Crippen LogP contribution is -2.32. The molecule has 0 unspecified atom stereocenters. The third-order valence-electron chi connectivity index (χ3n) is 4.93. The number of aliphatic hydroxyl groups is 1. The monoisotopic (exact) mass is 459 g/mol. The minimum absolute atomic E-state index is 0.0676. The van der Waals surface area contributed by atoms with Crippen LogP contribution in [0.4, 0.5) is 0 Å². The molecule has 0 aliphatic carbocycles. The van der Waals surface area contributed by atoms with Gasteiger partial charge in [-0.1, -0.05) is 28.1 Å². The van der Waals surface area contributed by atoms with E-state index in [4.69, 9.17) is 9.47 Å². The number of aliphatic hydroxyl groups excluding tert-OH is 1. The summed E-state index contributed by atoms with van der Waals surface area (Å²) in [6.45, 7) is 2.36. The van der Waals surface area contributed by atoms with Crippen LogP contribution in [-0.2, 0) is 14.3 Å². The van der Waals surface area contributed by atoms with Gasteiger partial charge in [-0.3, -0.25) is 9.59 Å². The minimum atomic E-state index is -0.708. The average Bonchev–Trinajstić information content (AvgIpc) is 2.96. The Morgan fingerprint density at radius 1 is 1.14 bits per heavy atom. The van der Waals surface area contributed by atoms with Crippen LogP contribution in [0, 0.1) is 6.92 Å². The third-order valence-corrected chi connectivity index (χ3v) is 5.46. The Labute approximate surface area is 177 Å². The van der Waals surface area contributed by atoms with Crippen LogP contribution in [0.15, 0.2) is 52.5 Å². The number of rotatable bonds is 6. The predicted octanol–water partition coefficient (Wildman–Crippen LogP) is 3.83. The first-order chi connectivity index (χ1) is 13.9. The summed E-state index contributed by atoms with van der Waals surface area (Å²) < 4.78 is 11.2. The molecule has 0 spiro atoms. The van der Waals surface area contributed by atoms with Crippen molar-refractivity contribution >= 4 is 33.4 Å². The van der Waals surface area contributed by atoms with E-state index < -0.39 is 17.7 Å². The summed E-state index contributed by atoms with van der Waals surface area (Å²) in [5.74, 6) is -0.893. The van der Waals surface area contributed by atoms with E-state index in [1.54, 1.807) is 25.3 Å². The highest BCUT2D eigenvalue weighted by atomic mass is 79.9. The minimum Gasteiger partial charge on any atom is -0.507 e. The van der Waals surface area contributed by atoms with Crippen molar-refractivity contribution in [3.05, 3.63) is 69.2 Å². The van der Waals surface area contributed by atoms with E-state index in [9.17, 15) is 14.7 Å². The molecule has 6 nitrogen and oxygen atoms in total. The lowest BCUT2D eigenvalue weighted by atomic mass is 9.95. The molecule has 1 atom stereocenters. The zero-order valence-electron chi connectivity index (χ0n) is 16.4. The van der Waals surface area contributed by atoms with Crippen LogP contribution in [0.3, 0.4) is 0 Å². The number of benzene rings is 2. The maximum Gasteiger partial charge on any atom is 0.295 e. The number of carbonyl (C=O) groups is 2. The maximum atomic E-state index is 12.9. The number of halogens is 1. The summed E-state index contributed by atoms with van der Waals surface area (Å²) in [7, 11) is 3.10. The van der Waals surface area contributed by atoms with Crippen molar-refractivity contribution < 1.29 is 24.2 Å². The predicted molar refractivity (Wildman–Crippen MR) is 113 cm³/mol. The van der Waals surface area contributed by atoms with E-state index in [-0.39, 0.29) is 24.5 Å². The normalized spacial score (nSPS) is 18.3. The molecule has 1 fully saturated rings. The number of amides is 1. The van der Waals surface area contributed by atoms with Gasteiger partial charge in [-0.25, -0.2) is 0 Å². The number of Topliss-reactive ketones (excluding diaryl/α,β-unsaturated/α-hetero) is 1. The molecule has 2 aromatic rings. The van der Waals surface area contributed by atoms with E-state index in [1.165, 1.54) is 12.0 Å². The summed E-state index contributed by atoms with van der Waals surface area (Å²) in [4.78, 5) is 27.0. The standard InChI is InChI=1S/C22H22BrNO5/c1-13-12-15(6-9-17(13)29-3)20(25)18-19(14-4-7-16(23)8-5-14)24(10-11-28-2)22(27)21(18)26/h4-9,12,19,25H,10-11H2,1-3H3/b20-18+/t19-/m1/s1. The number of ether oxygens (including phenoxy) is 2. The van der Waals surface area contributed by atoms with Crippen LogP contribution in [0.5, 0.6) is 5.75 Å². The zero-order chi connectivity index (χ0) is 21.1. The number of nitrogens with zero attached hydrogens (tertiary/aromatic N) is 1. The highest BCUT2D eigenvalue weighted by Crippen LogP contribution is 2.40. The van der Waals surface area contributed by atoms with Crippen molar-refractivity contribution in [1.29, 1.82) is 0 Å². The molecule has 1 aliphatic heterocycles. The first kappa shape index (κ1) is 21.1. The molecule has 1 saturated heterocycles. The second kappa shape index (κ2) is 8.80. The number of aryl methyl sites for hydroxylation is 1. The summed E-state index contributed by atoms with van der Waals surface area (Å²) in [5, 5.41) is 11.0. The third kappa shape index (κ3) is 4.06. The van der Waals surface area contributed by atoms with Gasteiger partial charge >= 0.3 is 0 Å². The van der Waals surface area contributed by atoms with E-state index in [1.807, 2.05) is 31.2 Å². The Morgan fingerprint density at radius 2 is 1.83 bits per heavy atom. The van der Waals surface area contributed by atoms with Crippen molar-refractivity contribution in [3.8, 4) is 5.75 Å². The highest BCUT2D eigenvalue weighted by Gasteiger charge is 2.45. The van der Waals surface area contributed by atoms with Crippen LogP contribution in [0.25, 0.3) is 5.76 Å². The molecule has 0 saturated carbocycles. The number of hydrogen-bond donors (Lipinski definition) is 1. The van der Waals surface area contributed by atoms with Gasteiger partial charge in [0, 0.05) is 23.7 Å². The first-order valence-corrected chi connectivity index (χ1v) is 9.86. The molecule has 0 radical (unpaired) electrons. The largest absolute Gasteiger partial charge is 0.507 e. The number of hydrogen-bond acceptors (Lipinski definition) is 5. The number of methoxy groups -OCH3 is 2. The molecule has 0 bridgehead atoms. The average molecular weight is 460 g/mol. The van der Waals surface area contributed by atoms with Crippen molar-refractivity contribution in [2.45, 2.75) is 13.0 Å². The molecule has 152 valence electrons. The van der Waals surface area contributed by atoms with Crippen molar-refractivity contribution in [2.75, 3.05) is 27.4 Å². The lowest BCUT2D eigenvalue weighted by molar-refractivity contribution is -0.140. The number of carbonyl (C=O) groups excluding carboxylic acids is 2. The van der Waals surface area contributed by atoms with Gasteiger partial charge in [-0.05, 0) is 48.4 Å². The van der Waals surface area contributed by atoms with E-state index >= 15 is 0 Å². The van der Waals surface area contributed by atoms with Crippen molar-refractivity contribution in [3.63, 3.8) is 0 Å². The molecule has 7 heteroatoms. The summed E-state index contributed by atoms with van der Waals surface area (Å²) in [6, 6.07) is 11.8. The Morgan fingerprint density at radius 3 is 2.41 bits per heavy atom. The van der Waals surface area contributed by atoms with Crippen LogP contribution in [-0.4, -0.2) is 49.1 Å². The molecule has 2 aromatic carbocycles. The molecule has 1 N–H and O–H groups in total. The first-order valence-electron chi connectivity index (χ1n) is 9.06. The van der Waals surface area contributed by atoms with Gasteiger partial charge in [0.25, 0.3) is 11.7 Å². The maximum absolute atomic E-state index is 12.9. The molecule has 1 amide bonds. The fourth-order valence-electron chi connectivity index (χ4n) is 3.47. The zero-order valence-corrected chi connectivity index (χ0v) is 18.0. The van der Waals surface area contributed by atoms with Crippen molar-refractivity contribution in [2.24, 2.45) is 0 Å². The van der Waals surface area contributed by atoms with Gasteiger partial charge in [0.05, 0.1) is 25.3 Å². The topological polar surface area (TPSA) is 76.1 Å². The van der Waals surface area contributed by atoms with Crippen LogP contribution in [0.2, 0.25) is 0 Å². The smallest absolute Gasteiger partial charge is 0.295 e. The second-order valence-electron chi connectivity index (χ2n) is 6.72. The van der Waals surface area contributed by atoms with Crippen LogP contribution < -0.4 is 4.74 Å². The van der Waals surface area contributed by atoms with E-state index in [0.717, 1.165) is 15.6 Å². The molecule has 3 rings (SSSR count). The fraction of sp³-hybridized carbons (Fsp3) is 0.273. The van der Waals surface area contributed by atoms with Gasteiger partial charge in [-0.15, -0.1) is 0 Å². The molecular weight excluding hydrogens is 438 g/mol. The Hall–Kier alpha value is -2.64. The van der Waals surface area contributed by atoms with E-state index in [2.05, 4.69) is 15.9 Å². The molecule has 1 heterocycles. The Balaban J connectivity index is 2.15. The molecule has 0 aromatic heterocycles. The number of ketones is 1. The summed E-state index contributed by atoms with van der Waals surface area (Å²) in [6.07, 6.45) is 0. The van der Waals surface area contributed by atoms with Gasteiger partial charge < -0.3 is 19.5 Å². The molecule has 1 aliphatic rings. The van der Waals surface area contributed by atoms with Gasteiger partial charge in [-0.2, -0.15) is 0 Å². The van der Waals surface area contributed by atoms with Crippen LogP contribution >= 0.6 is 15.9 Å². The second-order valence-corrected chi connectivity index (χ2v) is 7.64. The van der Waals surface area contributed by atoms with Crippen molar-refractivity contribution in [1.82, 2.24) is 4.90 Å². The fourth-order valence-corrected chi connectivity index (χ4v) is 3.74.